The first-order valence-electron chi connectivity index (χ1n) is 0.583. The molecule has 3 radical (unpaired) electrons. The third kappa shape index (κ3) is 164000. The Balaban J connectivity index is -0.0000000450. The van der Waals surface area contributed by atoms with Crippen LogP contribution in [0.2, 0.25) is 0 Å². The second-order valence-corrected chi connectivity index (χ2v) is 0.758. The van der Waals surface area contributed by atoms with Crippen molar-refractivity contribution in [3.63, 3.8) is 0 Å². The highest BCUT2D eigenvalue weighted by atomic mass is 31.1. The van der Waals surface area contributed by atoms with Gasteiger partial charge in [-0.2, -0.15) is 0 Å². The minimum Gasteiger partial charge on any atom is -0.269 e. The first kappa shape index (κ1) is 16.6. The van der Waals surface area contributed by atoms with Crippen LogP contribution in [0.5, 0.6) is 0 Å². The molecule has 0 atom stereocenters. The van der Waals surface area contributed by atoms with Crippen LogP contribution in [-0.2, 0) is 4.57 Å². The summed E-state index contributed by atoms with van der Waals surface area (Å²) in [7, 11) is -2.87. The van der Waals surface area contributed by atoms with E-state index in [9.17, 15) is 0 Å². The molecule has 0 unspecified atom stereocenters. The van der Waals surface area contributed by atoms with Gasteiger partial charge in [-0.25, -0.2) is 0 Å². The number of rotatable bonds is 0. The van der Waals surface area contributed by atoms with Gasteiger partial charge in [0.1, 0.15) is 0 Å². The zero-order valence-electron chi connectivity index (χ0n) is 2.74. The summed E-state index contributed by atoms with van der Waals surface area (Å²) in [5.41, 5.74) is 0. The fraction of sp³-hybridized carbons (Fsp3) is 0. The fourth-order valence-corrected chi connectivity index (χ4v) is 0. The molecule has 3 nitrogen and oxygen atoms in total. The molecule has 2 N–H and O–H groups in total. The molecule has 0 saturated carbocycles. The van der Waals surface area contributed by atoms with Crippen LogP contribution >= 0.6 is 8.25 Å². The first-order valence-corrected chi connectivity index (χ1v) is 1.75. The molecule has 0 rings (SSSR count). The van der Waals surface area contributed by atoms with Crippen LogP contribution in [-0.4, -0.2) is 18.2 Å². The van der Waals surface area contributed by atoms with Gasteiger partial charge in [-0.05, 0) is 0 Å². The van der Waals surface area contributed by atoms with Gasteiger partial charge >= 0.3 is 8.25 Å². The molecule has 0 aromatic rings. The Hall–Kier alpha value is 0.0149. The molecule has 35 valence electrons. The van der Waals surface area contributed by atoms with Gasteiger partial charge in [0.25, 0.3) is 0 Å². The Morgan fingerprint density at radius 2 is 1.33 bits per heavy atom. The summed E-state index contributed by atoms with van der Waals surface area (Å²) in [4.78, 5) is 14.2. The summed E-state index contributed by atoms with van der Waals surface area (Å²) in [5.74, 6) is 0. The third-order valence-electron chi connectivity index (χ3n) is 0. The Kier molecular flexibility index (Phi) is 24.7. The lowest BCUT2D eigenvalue weighted by Gasteiger charge is -1.34. The van der Waals surface area contributed by atoms with Gasteiger partial charge in [0.05, 0.1) is 0 Å². The second kappa shape index (κ2) is 8.89. The minimum atomic E-state index is -2.87. The van der Waals surface area contributed by atoms with Gasteiger partial charge in [-0.1, -0.05) is 0 Å². The minimum absolute atomic E-state index is 0. The lowest BCUT2D eigenvalue weighted by atomic mass is 10.8. The average molecular weight is 112 g/mol. The van der Waals surface area contributed by atoms with Crippen LogP contribution in [0.15, 0.2) is 0 Å². The van der Waals surface area contributed by atoms with Gasteiger partial charge in [-0.3, -0.25) is 4.70 Å². The van der Waals surface area contributed by atoms with Gasteiger partial charge in [0.2, 0.25) is 0 Å². The average Bonchev–Trinajstić information content (AvgIpc) is 0.811. The molecule has 6 heteroatoms. The molecule has 0 aliphatic heterocycles. The van der Waals surface area contributed by atoms with Gasteiger partial charge < -0.3 is 0 Å². The number of halogens is 1. The van der Waals surface area contributed by atoms with Crippen LogP contribution < -0.4 is 0 Å². The van der Waals surface area contributed by atoms with E-state index in [2.05, 4.69) is 0 Å². The van der Waals surface area contributed by atoms with E-state index in [0.29, 0.717) is 0 Å². The molecule has 0 heterocycles. The summed E-state index contributed by atoms with van der Waals surface area (Å²) in [6.07, 6.45) is 0. The lowest BCUT2D eigenvalue weighted by molar-refractivity contribution is 0.405. The summed E-state index contributed by atoms with van der Waals surface area (Å²) in [6, 6.07) is 0. The quantitative estimate of drug-likeness (QED) is 0.324. The molecule has 0 aliphatic carbocycles. The van der Waals surface area contributed by atoms with E-state index in [0.717, 1.165) is 0 Å². The maximum Gasteiger partial charge on any atom is 0.692 e. The van der Waals surface area contributed by atoms with Crippen molar-refractivity contribution in [2.75, 3.05) is 0 Å². The molecule has 6 heavy (non-hydrogen) atoms. The maximum atomic E-state index is 8.70. The van der Waals surface area contributed by atoms with Gasteiger partial charge in [-0.15, -0.1) is 9.79 Å². The summed E-state index contributed by atoms with van der Waals surface area (Å²) in [6.45, 7) is 0. The Bertz CT molecular complexity index is 33.8. The predicted molar refractivity (Wildman–Crippen MR) is 20.3 cm³/mol. The van der Waals surface area contributed by atoms with Crippen molar-refractivity contribution in [2.45, 2.75) is 0 Å². The van der Waals surface area contributed by atoms with Crippen LogP contribution in [0.1, 0.15) is 0 Å². The first-order chi connectivity index (χ1) is 1.73. The van der Waals surface area contributed by atoms with Crippen molar-refractivity contribution in [3.8, 4) is 0 Å². The smallest absolute Gasteiger partial charge is 0.269 e. The monoisotopic (exact) mass is 112 g/mol. The topological polar surface area (TPSA) is 57.5 Å². The highest BCUT2D eigenvalue weighted by Crippen LogP contribution is 1.98. The third-order valence-corrected chi connectivity index (χ3v) is 0. The molecule has 0 saturated heterocycles. The highest BCUT2D eigenvalue weighted by Gasteiger charge is 1.93. The van der Waals surface area contributed by atoms with E-state index in [1.54, 1.807) is 0 Å². The molecule has 0 amide bonds. The SMILES string of the molecule is F.O=[P+](O)O.[B]. The van der Waals surface area contributed by atoms with E-state index in [-0.39, 0.29) is 13.1 Å². The zero-order chi connectivity index (χ0) is 3.58. The van der Waals surface area contributed by atoms with E-state index < -0.39 is 8.25 Å². The Morgan fingerprint density at radius 1 is 1.33 bits per heavy atom. The van der Waals surface area contributed by atoms with E-state index in [4.69, 9.17) is 14.4 Å². The Morgan fingerprint density at radius 3 is 1.33 bits per heavy atom. The molecular formula is H3BFO3P+. The zero-order valence-corrected chi connectivity index (χ0v) is 3.63. The van der Waals surface area contributed by atoms with Gasteiger partial charge in [0, 0.05) is 13.0 Å². The standard InChI is InChI=1S/B.FH.HO3P/c;;1-4(2)3/h;1H;(H-,1,2,3)/p+1. The van der Waals surface area contributed by atoms with Gasteiger partial charge in [0.15, 0.2) is 0 Å². The van der Waals surface area contributed by atoms with Crippen LogP contribution in [0.4, 0.5) is 4.70 Å². The van der Waals surface area contributed by atoms with Crippen LogP contribution in [0.3, 0.4) is 0 Å². The largest absolute Gasteiger partial charge is 0.692 e. The van der Waals surface area contributed by atoms with Crippen molar-refractivity contribution < 1.29 is 19.1 Å². The molecule has 0 spiro atoms. The highest BCUT2D eigenvalue weighted by molar-refractivity contribution is 7.30. The van der Waals surface area contributed by atoms with Crippen molar-refractivity contribution in [1.82, 2.24) is 0 Å². The summed E-state index contributed by atoms with van der Waals surface area (Å²) in [5, 5.41) is 0. The van der Waals surface area contributed by atoms with E-state index >= 15 is 0 Å². The maximum absolute atomic E-state index is 8.70. The number of hydrogen-bond donors (Lipinski definition) is 2. The summed E-state index contributed by atoms with van der Waals surface area (Å²) >= 11 is 0. The second-order valence-electron chi connectivity index (χ2n) is 0.253. The van der Waals surface area contributed by atoms with Crippen LogP contribution in [0, 0.1) is 0 Å². The normalized spacial score (nSPS) is 4.33. The fourth-order valence-electron chi connectivity index (χ4n) is 0. The molecule has 0 bridgehead atoms. The lowest BCUT2D eigenvalue weighted by Crippen LogP contribution is -1.38. The van der Waals surface area contributed by atoms with Crippen molar-refractivity contribution >= 4 is 16.7 Å². The molecule has 0 aliphatic rings. The predicted octanol–water partition coefficient (Wildman–Crippen LogP) is -0.600. The summed E-state index contributed by atoms with van der Waals surface area (Å²) < 4.78 is 8.70. The van der Waals surface area contributed by atoms with E-state index in [1.165, 1.54) is 0 Å². The van der Waals surface area contributed by atoms with Crippen LogP contribution in [0.25, 0.3) is 0 Å². The van der Waals surface area contributed by atoms with Crippen molar-refractivity contribution in [3.05, 3.63) is 0 Å². The van der Waals surface area contributed by atoms with E-state index in [1.807, 2.05) is 0 Å². The molecule has 0 aromatic carbocycles. The molecule has 0 fully saturated rings. The molecular weight excluding hydrogens is 109 g/mol. The Labute approximate surface area is 36.9 Å². The number of hydrogen-bond acceptors (Lipinski definition) is 1. The van der Waals surface area contributed by atoms with Crippen molar-refractivity contribution in [2.24, 2.45) is 0 Å². The molecule has 0 aromatic heterocycles. The van der Waals surface area contributed by atoms with Crippen molar-refractivity contribution in [1.29, 1.82) is 0 Å².